The largest absolute Gasteiger partial charge is 0.497 e. The van der Waals surface area contributed by atoms with E-state index in [-0.39, 0.29) is 6.04 Å². The average molecular weight is 309 g/mol. The Balaban J connectivity index is 2.09. The predicted molar refractivity (Wildman–Crippen MR) is 84.5 cm³/mol. The first-order valence-corrected chi connectivity index (χ1v) is 7.20. The molecule has 0 aliphatic carbocycles. The number of nitrogens with two attached hydrogens (primary N) is 1. The van der Waals surface area contributed by atoms with Gasteiger partial charge in [0.1, 0.15) is 10.9 Å². The van der Waals surface area contributed by atoms with Crippen LogP contribution in [0.5, 0.6) is 5.75 Å². The molecule has 1 unspecified atom stereocenters. The van der Waals surface area contributed by atoms with Crippen LogP contribution < -0.4 is 16.0 Å². The normalized spacial score (nSPS) is 12.4. The second-order valence-electron chi connectivity index (χ2n) is 5.10. The van der Waals surface area contributed by atoms with E-state index < -0.39 is 0 Å². The Bertz CT molecular complexity index is 594. The van der Waals surface area contributed by atoms with Gasteiger partial charge in [0.25, 0.3) is 0 Å². The van der Waals surface area contributed by atoms with Gasteiger partial charge in [-0.2, -0.15) is 5.10 Å². The van der Waals surface area contributed by atoms with E-state index in [1.807, 2.05) is 38.2 Å². The van der Waals surface area contributed by atoms with Crippen molar-refractivity contribution < 1.29 is 4.74 Å². The van der Waals surface area contributed by atoms with Crippen LogP contribution in [0.25, 0.3) is 0 Å². The van der Waals surface area contributed by atoms with E-state index in [9.17, 15) is 0 Å². The molecule has 1 atom stereocenters. The van der Waals surface area contributed by atoms with Gasteiger partial charge in [-0.25, -0.2) is 0 Å². The molecule has 1 aromatic carbocycles. The number of ether oxygens (including phenoxy) is 1. The number of hydrazine groups is 1. The molecule has 0 saturated carbocycles. The van der Waals surface area contributed by atoms with Gasteiger partial charge in [0, 0.05) is 18.7 Å². The molecule has 2 aromatic rings. The number of benzene rings is 1. The van der Waals surface area contributed by atoms with Crippen LogP contribution in [-0.2, 0) is 19.9 Å². The summed E-state index contributed by atoms with van der Waals surface area (Å²) in [6.07, 6.45) is 1.55. The maximum absolute atomic E-state index is 6.27. The molecule has 1 heterocycles. The standard InChI is InChI=1S/C15H21ClN4O/c1-10-14(15(16)20(2)19-10)9-12(18-17)8-11-4-6-13(21-3)7-5-11/h4-7,12,18H,8-9,17H2,1-3H3. The third-order valence-electron chi connectivity index (χ3n) is 3.60. The van der Waals surface area contributed by atoms with Crippen molar-refractivity contribution in [3.63, 3.8) is 0 Å². The predicted octanol–water partition coefficient (Wildman–Crippen LogP) is 2.01. The lowest BCUT2D eigenvalue weighted by molar-refractivity contribution is 0.414. The Hall–Kier alpha value is -1.56. The van der Waals surface area contributed by atoms with Crippen molar-refractivity contribution in [3.8, 4) is 5.75 Å². The summed E-state index contributed by atoms with van der Waals surface area (Å²) in [5, 5.41) is 5.00. The molecular formula is C15H21ClN4O. The lowest BCUT2D eigenvalue weighted by Gasteiger charge is -2.16. The van der Waals surface area contributed by atoms with Crippen molar-refractivity contribution in [1.82, 2.24) is 15.2 Å². The van der Waals surface area contributed by atoms with E-state index in [4.69, 9.17) is 22.2 Å². The third-order valence-corrected chi connectivity index (χ3v) is 4.07. The van der Waals surface area contributed by atoms with Crippen molar-refractivity contribution in [2.24, 2.45) is 12.9 Å². The van der Waals surface area contributed by atoms with Gasteiger partial charge in [-0.15, -0.1) is 0 Å². The molecule has 1 aromatic heterocycles. The van der Waals surface area contributed by atoms with Crippen molar-refractivity contribution in [3.05, 3.63) is 46.2 Å². The monoisotopic (exact) mass is 308 g/mol. The van der Waals surface area contributed by atoms with Gasteiger partial charge in [-0.05, 0) is 37.5 Å². The molecule has 0 amide bonds. The van der Waals surface area contributed by atoms with E-state index >= 15 is 0 Å². The third kappa shape index (κ3) is 3.75. The van der Waals surface area contributed by atoms with Gasteiger partial charge in [-0.1, -0.05) is 23.7 Å². The quantitative estimate of drug-likeness (QED) is 0.633. The lowest BCUT2D eigenvalue weighted by Crippen LogP contribution is -2.38. The molecule has 0 radical (unpaired) electrons. The van der Waals surface area contributed by atoms with Gasteiger partial charge in [0.2, 0.25) is 0 Å². The number of hydrogen-bond donors (Lipinski definition) is 2. The molecule has 6 heteroatoms. The van der Waals surface area contributed by atoms with Crippen LogP contribution in [0.1, 0.15) is 16.8 Å². The molecule has 0 fully saturated rings. The minimum absolute atomic E-state index is 0.0961. The second kappa shape index (κ2) is 6.93. The van der Waals surface area contributed by atoms with Gasteiger partial charge in [0.05, 0.1) is 12.8 Å². The molecule has 21 heavy (non-hydrogen) atoms. The van der Waals surface area contributed by atoms with Crippen LogP contribution in [0.4, 0.5) is 0 Å². The highest BCUT2D eigenvalue weighted by atomic mass is 35.5. The summed E-state index contributed by atoms with van der Waals surface area (Å²) in [6.45, 7) is 1.96. The van der Waals surface area contributed by atoms with E-state index in [0.29, 0.717) is 5.15 Å². The highest BCUT2D eigenvalue weighted by Crippen LogP contribution is 2.21. The number of aryl methyl sites for hydroxylation is 2. The van der Waals surface area contributed by atoms with E-state index in [1.165, 1.54) is 5.56 Å². The van der Waals surface area contributed by atoms with E-state index in [1.54, 1.807) is 11.8 Å². The summed E-state index contributed by atoms with van der Waals surface area (Å²) >= 11 is 6.27. The van der Waals surface area contributed by atoms with Gasteiger partial charge >= 0.3 is 0 Å². The molecule has 114 valence electrons. The Morgan fingerprint density at radius 1 is 1.33 bits per heavy atom. The zero-order valence-electron chi connectivity index (χ0n) is 12.6. The van der Waals surface area contributed by atoms with Gasteiger partial charge < -0.3 is 4.74 Å². The molecule has 3 N–H and O–H groups in total. The molecule has 0 aliphatic heterocycles. The summed E-state index contributed by atoms with van der Waals surface area (Å²) in [7, 11) is 3.50. The number of hydrogen-bond acceptors (Lipinski definition) is 4. The Morgan fingerprint density at radius 2 is 2.00 bits per heavy atom. The fourth-order valence-corrected chi connectivity index (χ4v) is 2.64. The van der Waals surface area contributed by atoms with Crippen LogP contribution in [0.15, 0.2) is 24.3 Å². The summed E-state index contributed by atoms with van der Waals surface area (Å²) in [5.74, 6) is 6.54. The average Bonchev–Trinajstić information content (AvgIpc) is 2.73. The van der Waals surface area contributed by atoms with Crippen LogP contribution >= 0.6 is 11.6 Å². The lowest BCUT2D eigenvalue weighted by atomic mass is 10.00. The molecule has 2 rings (SSSR count). The van der Waals surface area contributed by atoms with Gasteiger partial charge in [-0.3, -0.25) is 16.0 Å². The molecule has 0 bridgehead atoms. The highest BCUT2D eigenvalue weighted by Gasteiger charge is 2.16. The first kappa shape index (κ1) is 15.8. The van der Waals surface area contributed by atoms with Crippen molar-refractivity contribution in [1.29, 1.82) is 0 Å². The Morgan fingerprint density at radius 3 is 2.48 bits per heavy atom. The van der Waals surface area contributed by atoms with E-state index in [0.717, 1.165) is 29.8 Å². The zero-order valence-corrected chi connectivity index (χ0v) is 13.3. The topological polar surface area (TPSA) is 65.1 Å². The number of nitrogens with zero attached hydrogens (tertiary/aromatic N) is 2. The number of halogens is 1. The van der Waals surface area contributed by atoms with Crippen molar-refractivity contribution >= 4 is 11.6 Å². The fourth-order valence-electron chi connectivity index (χ4n) is 2.39. The SMILES string of the molecule is COc1ccc(CC(Cc2c(C)nn(C)c2Cl)NN)cc1. The maximum Gasteiger partial charge on any atom is 0.130 e. The molecule has 0 aliphatic rings. The Labute approximate surface area is 130 Å². The fraction of sp³-hybridized carbons (Fsp3) is 0.400. The Kier molecular flexibility index (Phi) is 5.22. The van der Waals surface area contributed by atoms with Crippen molar-refractivity contribution in [2.75, 3.05) is 7.11 Å². The van der Waals surface area contributed by atoms with Crippen LogP contribution in [-0.4, -0.2) is 22.9 Å². The minimum Gasteiger partial charge on any atom is -0.497 e. The maximum atomic E-state index is 6.27. The summed E-state index contributed by atoms with van der Waals surface area (Å²) < 4.78 is 6.85. The zero-order chi connectivity index (χ0) is 15.4. The first-order valence-electron chi connectivity index (χ1n) is 6.82. The number of nitrogens with one attached hydrogen (secondary N) is 1. The molecular weight excluding hydrogens is 288 g/mol. The second-order valence-corrected chi connectivity index (χ2v) is 5.46. The highest BCUT2D eigenvalue weighted by molar-refractivity contribution is 6.30. The minimum atomic E-state index is 0.0961. The number of aromatic nitrogens is 2. The van der Waals surface area contributed by atoms with E-state index in [2.05, 4.69) is 10.5 Å². The smallest absolute Gasteiger partial charge is 0.130 e. The molecule has 0 spiro atoms. The van der Waals surface area contributed by atoms with Gasteiger partial charge in [0.15, 0.2) is 0 Å². The first-order chi connectivity index (χ1) is 10.0. The van der Waals surface area contributed by atoms with Crippen LogP contribution in [0.2, 0.25) is 5.15 Å². The van der Waals surface area contributed by atoms with Crippen molar-refractivity contribution in [2.45, 2.75) is 25.8 Å². The molecule has 0 saturated heterocycles. The van der Waals surface area contributed by atoms with Crippen LogP contribution in [0.3, 0.4) is 0 Å². The molecule has 5 nitrogen and oxygen atoms in total. The number of rotatable bonds is 6. The summed E-state index contributed by atoms with van der Waals surface area (Å²) in [5.41, 5.74) is 6.04. The summed E-state index contributed by atoms with van der Waals surface area (Å²) in [6, 6.07) is 8.08. The number of methoxy groups -OCH3 is 1. The summed E-state index contributed by atoms with van der Waals surface area (Å²) in [4.78, 5) is 0. The van der Waals surface area contributed by atoms with Crippen LogP contribution in [0, 0.1) is 6.92 Å².